The monoisotopic (exact) mass is 309 g/mol. The van der Waals surface area contributed by atoms with Gasteiger partial charge in [-0.1, -0.05) is 15.9 Å². The maximum Gasteiger partial charge on any atom is 0.310 e. The van der Waals surface area contributed by atoms with Gasteiger partial charge in [-0.3, -0.25) is 9.59 Å². The van der Waals surface area contributed by atoms with Crippen LogP contribution in [0.3, 0.4) is 0 Å². The first kappa shape index (κ1) is 13.8. The van der Waals surface area contributed by atoms with Gasteiger partial charge in [-0.05, 0) is 0 Å². The van der Waals surface area contributed by atoms with E-state index < -0.39 is 23.4 Å². The van der Waals surface area contributed by atoms with Crippen molar-refractivity contribution in [2.75, 3.05) is 7.11 Å². The Morgan fingerprint density at radius 1 is 1.59 bits per heavy atom. The number of carbonyl (C=O) groups is 1. The molecule has 1 aromatic heterocycles. The second kappa shape index (κ2) is 5.90. The SMILES string of the molecule is COC(=O)Cc1c(CBr)[nH]cc(C(F)F)c1=O. The predicted molar refractivity (Wildman–Crippen MR) is 60.4 cm³/mol. The number of rotatable bonds is 4. The molecule has 0 unspecified atom stereocenters. The molecular formula is C10H10BrF2NO3. The fourth-order valence-corrected chi connectivity index (χ4v) is 1.81. The van der Waals surface area contributed by atoms with Crippen LogP contribution in [0.2, 0.25) is 0 Å². The smallest absolute Gasteiger partial charge is 0.310 e. The van der Waals surface area contributed by atoms with E-state index in [1.807, 2.05) is 0 Å². The first-order valence-electron chi connectivity index (χ1n) is 4.65. The summed E-state index contributed by atoms with van der Waals surface area (Å²) >= 11 is 3.11. The number of pyridine rings is 1. The van der Waals surface area contributed by atoms with E-state index in [-0.39, 0.29) is 17.3 Å². The van der Waals surface area contributed by atoms with E-state index in [9.17, 15) is 18.4 Å². The normalized spacial score (nSPS) is 10.6. The summed E-state index contributed by atoms with van der Waals surface area (Å²) in [6.07, 6.45) is -2.24. The summed E-state index contributed by atoms with van der Waals surface area (Å²) < 4.78 is 29.4. The van der Waals surface area contributed by atoms with Gasteiger partial charge in [-0.2, -0.15) is 0 Å². The standard InChI is InChI=1S/C10H10BrF2NO3/c1-17-8(15)2-5-7(3-11)14-4-6(9(5)16)10(12)13/h4,10H,2-3H2,1H3,(H,14,16). The van der Waals surface area contributed by atoms with E-state index in [0.717, 1.165) is 6.20 Å². The van der Waals surface area contributed by atoms with Crippen LogP contribution in [-0.2, 0) is 21.3 Å². The highest BCUT2D eigenvalue weighted by molar-refractivity contribution is 9.08. The minimum atomic E-state index is -2.88. The van der Waals surface area contributed by atoms with Gasteiger partial charge in [0.1, 0.15) is 0 Å². The van der Waals surface area contributed by atoms with Gasteiger partial charge in [0.2, 0.25) is 0 Å². The molecule has 1 N–H and O–H groups in total. The Bertz CT molecular complexity index is 473. The average molecular weight is 310 g/mol. The molecule has 7 heteroatoms. The van der Waals surface area contributed by atoms with Crippen molar-refractivity contribution in [3.8, 4) is 0 Å². The van der Waals surface area contributed by atoms with Crippen LogP contribution in [0.15, 0.2) is 11.0 Å². The molecule has 1 heterocycles. The lowest BCUT2D eigenvalue weighted by molar-refractivity contribution is -0.139. The Labute approximate surface area is 104 Å². The van der Waals surface area contributed by atoms with Crippen LogP contribution in [0, 0.1) is 0 Å². The fraction of sp³-hybridized carbons (Fsp3) is 0.400. The molecule has 0 amide bonds. The Morgan fingerprint density at radius 3 is 2.71 bits per heavy atom. The minimum Gasteiger partial charge on any atom is -0.469 e. The third-order valence-corrected chi connectivity index (χ3v) is 2.78. The summed E-state index contributed by atoms with van der Waals surface area (Å²) in [6, 6.07) is 0. The molecule has 0 spiro atoms. The largest absolute Gasteiger partial charge is 0.469 e. The summed E-state index contributed by atoms with van der Waals surface area (Å²) in [6.45, 7) is 0. The molecule has 0 saturated heterocycles. The number of aromatic amines is 1. The maximum atomic E-state index is 12.5. The average Bonchev–Trinajstić information content (AvgIpc) is 2.30. The van der Waals surface area contributed by atoms with E-state index in [0.29, 0.717) is 5.69 Å². The van der Waals surface area contributed by atoms with Crippen molar-refractivity contribution in [3.63, 3.8) is 0 Å². The van der Waals surface area contributed by atoms with Gasteiger partial charge in [0.15, 0.2) is 5.43 Å². The third-order valence-electron chi connectivity index (χ3n) is 2.22. The molecule has 0 bridgehead atoms. The molecule has 1 aromatic rings. The highest BCUT2D eigenvalue weighted by Gasteiger charge is 2.19. The van der Waals surface area contributed by atoms with Crippen molar-refractivity contribution in [1.82, 2.24) is 4.98 Å². The number of ether oxygens (including phenoxy) is 1. The van der Waals surface area contributed by atoms with Gasteiger partial charge in [0.05, 0.1) is 19.1 Å². The Balaban J connectivity index is 3.28. The lowest BCUT2D eigenvalue weighted by Crippen LogP contribution is -2.21. The minimum absolute atomic E-state index is 0.00604. The molecule has 0 aliphatic heterocycles. The molecule has 94 valence electrons. The summed E-state index contributed by atoms with van der Waals surface area (Å²) in [5.41, 5.74) is -1.07. The van der Waals surface area contributed by atoms with Gasteiger partial charge in [-0.15, -0.1) is 0 Å². The lowest BCUT2D eigenvalue weighted by atomic mass is 10.1. The van der Waals surface area contributed by atoms with Gasteiger partial charge >= 0.3 is 5.97 Å². The van der Waals surface area contributed by atoms with Crippen LogP contribution in [0.5, 0.6) is 0 Å². The van der Waals surface area contributed by atoms with Gasteiger partial charge in [-0.25, -0.2) is 8.78 Å². The number of aromatic nitrogens is 1. The molecule has 17 heavy (non-hydrogen) atoms. The lowest BCUT2D eigenvalue weighted by Gasteiger charge is -2.08. The number of hydrogen-bond donors (Lipinski definition) is 1. The number of esters is 1. The van der Waals surface area contributed by atoms with Gasteiger partial charge < -0.3 is 9.72 Å². The predicted octanol–water partition coefficient (Wildman–Crippen LogP) is 1.92. The first-order chi connectivity index (χ1) is 8.01. The number of hydrogen-bond acceptors (Lipinski definition) is 3. The fourth-order valence-electron chi connectivity index (χ4n) is 1.31. The molecule has 0 aliphatic carbocycles. The van der Waals surface area contributed by atoms with Crippen molar-refractivity contribution in [2.24, 2.45) is 0 Å². The maximum absolute atomic E-state index is 12.5. The van der Waals surface area contributed by atoms with Crippen LogP contribution in [0.1, 0.15) is 23.2 Å². The molecule has 0 fully saturated rings. The molecule has 0 atom stereocenters. The molecule has 0 radical (unpaired) electrons. The zero-order chi connectivity index (χ0) is 13.0. The van der Waals surface area contributed by atoms with Crippen LogP contribution in [0.25, 0.3) is 0 Å². The second-order valence-corrected chi connectivity index (χ2v) is 3.78. The summed E-state index contributed by atoms with van der Waals surface area (Å²) in [5.74, 6) is -0.649. The van der Waals surface area contributed by atoms with E-state index in [1.165, 1.54) is 7.11 Å². The molecule has 4 nitrogen and oxygen atoms in total. The number of halogens is 3. The zero-order valence-corrected chi connectivity index (χ0v) is 10.5. The number of carbonyl (C=O) groups excluding carboxylic acids is 1. The van der Waals surface area contributed by atoms with Crippen LogP contribution >= 0.6 is 15.9 Å². The first-order valence-corrected chi connectivity index (χ1v) is 5.77. The molecule has 0 aliphatic rings. The third kappa shape index (κ3) is 3.12. The number of nitrogens with one attached hydrogen (secondary N) is 1. The Hall–Kier alpha value is -1.24. The van der Waals surface area contributed by atoms with Gasteiger partial charge in [0.25, 0.3) is 6.43 Å². The topological polar surface area (TPSA) is 59.2 Å². The molecule has 1 rings (SSSR count). The molecule has 0 saturated carbocycles. The van der Waals surface area contributed by atoms with E-state index in [1.54, 1.807) is 0 Å². The van der Waals surface area contributed by atoms with E-state index in [2.05, 4.69) is 25.7 Å². The van der Waals surface area contributed by atoms with Crippen LogP contribution < -0.4 is 5.43 Å². The van der Waals surface area contributed by atoms with Crippen molar-refractivity contribution in [3.05, 3.63) is 33.2 Å². The highest BCUT2D eigenvalue weighted by atomic mass is 79.9. The number of H-pyrrole nitrogens is 1. The van der Waals surface area contributed by atoms with Gasteiger partial charge in [0, 0.05) is 22.8 Å². The highest BCUT2D eigenvalue weighted by Crippen LogP contribution is 2.17. The number of methoxy groups -OCH3 is 1. The summed E-state index contributed by atoms with van der Waals surface area (Å²) in [5, 5.41) is 0.262. The second-order valence-electron chi connectivity index (χ2n) is 3.22. The van der Waals surface area contributed by atoms with Crippen molar-refractivity contribution in [1.29, 1.82) is 0 Å². The Morgan fingerprint density at radius 2 is 2.24 bits per heavy atom. The quantitative estimate of drug-likeness (QED) is 0.683. The van der Waals surface area contributed by atoms with Crippen LogP contribution in [-0.4, -0.2) is 18.1 Å². The molecular weight excluding hydrogens is 300 g/mol. The van der Waals surface area contributed by atoms with Crippen LogP contribution in [0.4, 0.5) is 8.78 Å². The summed E-state index contributed by atoms with van der Waals surface area (Å²) in [7, 11) is 1.17. The molecule has 0 aromatic carbocycles. The number of alkyl halides is 3. The van der Waals surface area contributed by atoms with Crippen molar-refractivity contribution < 1.29 is 18.3 Å². The summed E-state index contributed by atoms with van der Waals surface area (Å²) in [4.78, 5) is 25.4. The Kier molecular flexibility index (Phi) is 4.80. The van der Waals surface area contributed by atoms with Crippen molar-refractivity contribution >= 4 is 21.9 Å². The van der Waals surface area contributed by atoms with Crippen molar-refractivity contribution in [2.45, 2.75) is 18.2 Å². The van der Waals surface area contributed by atoms with E-state index >= 15 is 0 Å². The van der Waals surface area contributed by atoms with E-state index in [4.69, 9.17) is 0 Å². The zero-order valence-electron chi connectivity index (χ0n) is 8.93.